The second-order valence-electron chi connectivity index (χ2n) is 9.26. The quantitative estimate of drug-likeness (QED) is 0.427. The molecule has 0 N–H and O–H groups in total. The summed E-state index contributed by atoms with van der Waals surface area (Å²) in [5.41, 5.74) is 0. The summed E-state index contributed by atoms with van der Waals surface area (Å²) in [7, 11) is -2.63. The van der Waals surface area contributed by atoms with Crippen molar-refractivity contribution in [2.45, 2.75) is 50.9 Å². The number of carbonyl (C=O) groups is 1. The van der Waals surface area contributed by atoms with E-state index in [0.717, 1.165) is 6.42 Å². The van der Waals surface area contributed by atoms with Crippen LogP contribution in [0.5, 0.6) is 0 Å². The lowest BCUT2D eigenvalue weighted by molar-refractivity contribution is -0.141. The van der Waals surface area contributed by atoms with Gasteiger partial charge in [-0.3, -0.25) is 4.79 Å². The predicted octanol–water partition coefficient (Wildman–Crippen LogP) is 4.07. The van der Waals surface area contributed by atoms with Crippen molar-refractivity contribution in [2.75, 3.05) is 0 Å². The highest BCUT2D eigenvalue weighted by molar-refractivity contribution is 6.99. The van der Waals surface area contributed by atoms with Crippen molar-refractivity contribution in [3.05, 3.63) is 73.3 Å². The number of hydrogen-bond acceptors (Lipinski definition) is 3. The standard InChI is InChI=1S/C25H30O3Si/c1-5-20-21-16-24(26)27-22(21)17-23(20)28-29(25(2,3)4,18-12-8-6-9-13-18)19-14-10-7-11-15-19/h5-15,20-23H,1,16-17H2,2-4H3/t20-,21+,22-,23+/m0/s1. The Hall–Kier alpha value is -2.17. The molecule has 1 saturated carbocycles. The van der Waals surface area contributed by atoms with E-state index >= 15 is 0 Å². The minimum Gasteiger partial charge on any atom is -0.462 e. The van der Waals surface area contributed by atoms with Gasteiger partial charge in [0.15, 0.2) is 0 Å². The first-order valence-electron chi connectivity index (χ1n) is 10.5. The lowest BCUT2D eigenvalue weighted by atomic mass is 9.92. The van der Waals surface area contributed by atoms with Crippen molar-refractivity contribution in [3.8, 4) is 0 Å². The summed E-state index contributed by atoms with van der Waals surface area (Å²) in [6, 6.07) is 21.4. The molecule has 1 saturated heterocycles. The van der Waals surface area contributed by atoms with Crippen LogP contribution in [-0.4, -0.2) is 26.5 Å². The average Bonchev–Trinajstić information content (AvgIpc) is 3.21. The van der Waals surface area contributed by atoms with Crippen molar-refractivity contribution in [1.82, 2.24) is 0 Å². The largest absolute Gasteiger partial charge is 0.462 e. The Bertz CT molecular complexity index is 832. The number of benzene rings is 2. The predicted molar refractivity (Wildman–Crippen MR) is 119 cm³/mol. The van der Waals surface area contributed by atoms with E-state index in [-0.39, 0.29) is 35.1 Å². The molecule has 4 heteroatoms. The zero-order valence-electron chi connectivity index (χ0n) is 17.5. The van der Waals surface area contributed by atoms with Gasteiger partial charge in [-0.2, -0.15) is 0 Å². The summed E-state index contributed by atoms with van der Waals surface area (Å²) in [6.07, 6.45) is 3.16. The Balaban J connectivity index is 1.81. The van der Waals surface area contributed by atoms with Gasteiger partial charge >= 0.3 is 5.97 Å². The van der Waals surface area contributed by atoms with Crippen molar-refractivity contribution in [1.29, 1.82) is 0 Å². The lowest BCUT2D eigenvalue weighted by Gasteiger charge is -2.45. The van der Waals surface area contributed by atoms with E-state index in [1.165, 1.54) is 10.4 Å². The van der Waals surface area contributed by atoms with Gasteiger partial charge in [0.2, 0.25) is 0 Å². The number of esters is 1. The molecule has 2 aromatic rings. The van der Waals surface area contributed by atoms with Crippen LogP contribution in [0, 0.1) is 11.8 Å². The molecule has 2 fully saturated rings. The van der Waals surface area contributed by atoms with Gasteiger partial charge in [0, 0.05) is 18.3 Å². The first-order chi connectivity index (χ1) is 13.9. The fourth-order valence-corrected chi connectivity index (χ4v) is 9.99. The third-order valence-electron chi connectivity index (χ3n) is 6.57. The minimum atomic E-state index is -2.63. The van der Waals surface area contributed by atoms with Crippen LogP contribution in [0.15, 0.2) is 73.3 Å². The van der Waals surface area contributed by atoms with Crippen molar-refractivity contribution in [3.63, 3.8) is 0 Å². The monoisotopic (exact) mass is 406 g/mol. The Morgan fingerprint density at radius 1 is 1.03 bits per heavy atom. The molecule has 2 aromatic carbocycles. The third kappa shape index (κ3) is 3.38. The van der Waals surface area contributed by atoms with Crippen LogP contribution < -0.4 is 10.4 Å². The first kappa shape index (κ1) is 20.1. The van der Waals surface area contributed by atoms with E-state index in [9.17, 15) is 4.79 Å². The van der Waals surface area contributed by atoms with Gasteiger partial charge < -0.3 is 9.16 Å². The van der Waals surface area contributed by atoms with Gasteiger partial charge in [-0.25, -0.2) is 0 Å². The zero-order chi connectivity index (χ0) is 20.6. The highest BCUT2D eigenvalue weighted by atomic mass is 28.4. The first-order valence-corrected chi connectivity index (χ1v) is 12.4. The van der Waals surface area contributed by atoms with Crippen LogP contribution in [0.3, 0.4) is 0 Å². The summed E-state index contributed by atoms with van der Waals surface area (Å²) in [6.45, 7) is 11.0. The summed E-state index contributed by atoms with van der Waals surface area (Å²) in [5.74, 6) is 0.229. The van der Waals surface area contributed by atoms with Gasteiger partial charge in [0.25, 0.3) is 8.32 Å². The number of ether oxygens (including phenoxy) is 1. The minimum absolute atomic E-state index is 0.00176. The number of rotatable bonds is 5. The van der Waals surface area contributed by atoms with Crippen LogP contribution in [-0.2, 0) is 14.0 Å². The highest BCUT2D eigenvalue weighted by Crippen LogP contribution is 2.46. The smallest absolute Gasteiger partial charge is 0.306 e. The molecule has 0 amide bonds. The Morgan fingerprint density at radius 2 is 1.59 bits per heavy atom. The molecule has 1 aliphatic heterocycles. The fourth-order valence-electron chi connectivity index (χ4n) is 5.27. The van der Waals surface area contributed by atoms with E-state index in [1.807, 2.05) is 6.08 Å². The van der Waals surface area contributed by atoms with Crippen LogP contribution >= 0.6 is 0 Å². The van der Waals surface area contributed by atoms with E-state index in [1.54, 1.807) is 0 Å². The Morgan fingerprint density at radius 3 is 2.07 bits per heavy atom. The lowest BCUT2D eigenvalue weighted by Crippen LogP contribution is -2.68. The normalized spacial score (nSPS) is 26.8. The van der Waals surface area contributed by atoms with Gasteiger partial charge in [-0.15, -0.1) is 6.58 Å². The molecule has 0 aromatic heterocycles. The second kappa shape index (κ2) is 7.58. The highest BCUT2D eigenvalue weighted by Gasteiger charge is 2.56. The molecule has 0 spiro atoms. The second-order valence-corrected chi connectivity index (χ2v) is 13.5. The average molecular weight is 407 g/mol. The maximum atomic E-state index is 11.8. The van der Waals surface area contributed by atoms with Crippen molar-refractivity contribution >= 4 is 24.7 Å². The van der Waals surface area contributed by atoms with Gasteiger partial charge in [0.05, 0.1) is 12.5 Å². The molecule has 29 heavy (non-hydrogen) atoms. The zero-order valence-corrected chi connectivity index (χ0v) is 18.5. The SMILES string of the molecule is C=C[C@H]1[C@H]2CC(=O)O[C@H]2C[C@H]1O[Si](c1ccccc1)(c1ccccc1)C(C)(C)C. The molecule has 2 aliphatic rings. The molecule has 4 rings (SSSR count). The number of fused-ring (bicyclic) bond motifs is 1. The third-order valence-corrected chi connectivity index (χ3v) is 11.6. The van der Waals surface area contributed by atoms with E-state index < -0.39 is 8.32 Å². The molecule has 1 aliphatic carbocycles. The summed E-state index contributed by atoms with van der Waals surface area (Å²) in [4.78, 5) is 11.8. The molecule has 4 atom stereocenters. The molecule has 3 nitrogen and oxygen atoms in total. The summed E-state index contributed by atoms with van der Waals surface area (Å²) >= 11 is 0. The van der Waals surface area contributed by atoms with Crippen LogP contribution in [0.4, 0.5) is 0 Å². The molecule has 0 unspecified atom stereocenters. The Kier molecular flexibility index (Phi) is 5.26. The Labute approximate surface area is 174 Å². The van der Waals surface area contributed by atoms with Crippen LogP contribution in [0.2, 0.25) is 5.04 Å². The van der Waals surface area contributed by atoms with Gasteiger partial charge in [-0.1, -0.05) is 87.5 Å². The molecule has 1 heterocycles. The topological polar surface area (TPSA) is 35.5 Å². The summed E-state index contributed by atoms with van der Waals surface area (Å²) in [5, 5.41) is 2.47. The van der Waals surface area contributed by atoms with E-state index in [2.05, 4.69) is 88.0 Å². The molecule has 152 valence electrons. The molecular weight excluding hydrogens is 376 g/mol. The van der Waals surface area contributed by atoms with Crippen LogP contribution in [0.1, 0.15) is 33.6 Å². The molecule has 0 bridgehead atoms. The van der Waals surface area contributed by atoms with Crippen molar-refractivity contribution < 1.29 is 14.0 Å². The molecular formula is C25H30O3Si. The summed E-state index contributed by atoms with van der Waals surface area (Å²) < 4.78 is 12.9. The fraction of sp³-hybridized carbons (Fsp3) is 0.400. The maximum Gasteiger partial charge on any atom is 0.306 e. The van der Waals surface area contributed by atoms with Gasteiger partial charge in [0.1, 0.15) is 6.10 Å². The van der Waals surface area contributed by atoms with Crippen molar-refractivity contribution in [2.24, 2.45) is 11.8 Å². The van der Waals surface area contributed by atoms with Crippen LogP contribution in [0.25, 0.3) is 0 Å². The maximum absolute atomic E-state index is 11.8. The van der Waals surface area contributed by atoms with E-state index in [0.29, 0.717) is 6.42 Å². The molecule has 0 radical (unpaired) electrons. The number of hydrogen-bond donors (Lipinski definition) is 0. The van der Waals surface area contributed by atoms with Gasteiger partial charge in [-0.05, 0) is 15.4 Å². The van der Waals surface area contributed by atoms with E-state index in [4.69, 9.17) is 9.16 Å². The number of carbonyl (C=O) groups excluding carboxylic acids is 1.